The molecule has 0 atom stereocenters. The van der Waals surface area contributed by atoms with E-state index in [0.717, 1.165) is 0 Å². The normalized spacial score (nSPS) is 13.3. The predicted octanol–water partition coefficient (Wildman–Crippen LogP) is 10.7. The van der Waals surface area contributed by atoms with E-state index >= 15 is 0 Å². The minimum Gasteiger partial charge on any atom is -0.264 e. The molecule has 1 aliphatic rings. The molecule has 0 saturated heterocycles. The van der Waals surface area contributed by atoms with Crippen molar-refractivity contribution < 1.29 is 0 Å². The summed E-state index contributed by atoms with van der Waals surface area (Å²) in [7, 11) is 0. The smallest absolute Gasteiger partial charge is 0.0353 e. The van der Waals surface area contributed by atoms with E-state index in [1.165, 1.54) is 77.2 Å². The molecule has 0 unspecified atom stereocenters. The maximum absolute atomic E-state index is 4.57. The summed E-state index contributed by atoms with van der Waals surface area (Å²) in [5.74, 6) is 0. The molecule has 0 N–H and O–H groups in total. The van der Waals surface area contributed by atoms with Crippen molar-refractivity contribution in [3.05, 3.63) is 151 Å². The van der Waals surface area contributed by atoms with E-state index in [2.05, 4.69) is 146 Å². The quantitative estimate of drug-likeness (QED) is 0.210. The second-order valence-electron chi connectivity index (χ2n) is 11.6. The lowest BCUT2D eigenvalue weighted by molar-refractivity contribution is 0.660. The van der Waals surface area contributed by atoms with Crippen LogP contribution in [-0.2, 0) is 5.41 Å². The van der Waals surface area contributed by atoms with Gasteiger partial charge in [-0.25, -0.2) is 0 Å². The van der Waals surface area contributed by atoms with E-state index in [9.17, 15) is 0 Å². The van der Waals surface area contributed by atoms with Crippen LogP contribution in [0.15, 0.2) is 140 Å². The third-order valence-corrected chi connectivity index (χ3v) is 8.98. The minimum atomic E-state index is -0.00674. The van der Waals surface area contributed by atoms with Gasteiger partial charge in [-0.05, 0) is 83.9 Å². The van der Waals surface area contributed by atoms with E-state index in [4.69, 9.17) is 0 Å². The molecule has 1 aromatic heterocycles. The Morgan fingerprint density at radius 3 is 1.78 bits per heavy atom. The van der Waals surface area contributed by atoms with Crippen molar-refractivity contribution in [1.29, 1.82) is 0 Å². The highest BCUT2D eigenvalue weighted by Crippen LogP contribution is 2.49. The highest BCUT2D eigenvalue weighted by Gasteiger charge is 2.35. The van der Waals surface area contributed by atoms with Crippen LogP contribution in [0.4, 0.5) is 0 Å². The molecule has 0 aliphatic heterocycles. The zero-order chi connectivity index (χ0) is 27.6. The molecule has 0 amide bonds. The van der Waals surface area contributed by atoms with Gasteiger partial charge in [0.05, 0.1) is 0 Å². The molecule has 0 bridgehead atoms. The predicted molar refractivity (Wildman–Crippen MR) is 173 cm³/mol. The Hall–Kier alpha value is -5.01. The lowest BCUT2D eigenvalue weighted by Gasteiger charge is -2.22. The molecular formula is C40H29N. The average Bonchev–Trinajstić information content (AvgIpc) is 3.26. The van der Waals surface area contributed by atoms with Gasteiger partial charge in [0.1, 0.15) is 0 Å². The first-order valence-corrected chi connectivity index (χ1v) is 14.3. The van der Waals surface area contributed by atoms with Crippen LogP contribution in [0.3, 0.4) is 0 Å². The molecule has 6 aromatic carbocycles. The highest BCUT2D eigenvalue weighted by atomic mass is 14.6. The number of benzene rings is 6. The lowest BCUT2D eigenvalue weighted by atomic mass is 9.81. The van der Waals surface area contributed by atoms with Gasteiger partial charge in [0.15, 0.2) is 0 Å². The van der Waals surface area contributed by atoms with Crippen LogP contribution in [0.1, 0.15) is 25.0 Å². The first-order valence-electron chi connectivity index (χ1n) is 14.3. The Kier molecular flexibility index (Phi) is 5.24. The van der Waals surface area contributed by atoms with E-state index in [1.807, 2.05) is 12.4 Å². The molecule has 0 saturated carbocycles. The molecule has 41 heavy (non-hydrogen) atoms. The third-order valence-electron chi connectivity index (χ3n) is 8.98. The molecule has 1 heteroatoms. The fraction of sp³-hybridized carbons (Fsp3) is 0.0750. The number of hydrogen-bond acceptors (Lipinski definition) is 1. The van der Waals surface area contributed by atoms with Gasteiger partial charge >= 0.3 is 0 Å². The Morgan fingerprint density at radius 1 is 0.439 bits per heavy atom. The fourth-order valence-electron chi connectivity index (χ4n) is 6.96. The number of hydrogen-bond donors (Lipinski definition) is 0. The van der Waals surface area contributed by atoms with Gasteiger partial charge in [-0.1, -0.05) is 129 Å². The standard InChI is InChI=1S/C40H29N/c1-40(2)36-15-9-8-12-30(36)31-21-20-29(24-37(31)40)26-16-18-28(19-17-26)39-33-14-7-6-13-32(33)38(27-10-4-3-5-11-27)34-22-23-41-25-35(34)39/h3-25H,1-2H3. The third kappa shape index (κ3) is 3.59. The first-order chi connectivity index (χ1) is 20.1. The molecule has 194 valence electrons. The van der Waals surface area contributed by atoms with Crippen LogP contribution in [-0.4, -0.2) is 4.98 Å². The molecule has 7 aromatic rings. The highest BCUT2D eigenvalue weighted by molar-refractivity contribution is 6.21. The first kappa shape index (κ1) is 23.8. The summed E-state index contributed by atoms with van der Waals surface area (Å²) < 4.78 is 0. The monoisotopic (exact) mass is 523 g/mol. The largest absolute Gasteiger partial charge is 0.264 e. The Labute approximate surface area is 240 Å². The average molecular weight is 524 g/mol. The van der Waals surface area contributed by atoms with E-state index in [0.29, 0.717) is 0 Å². The number of nitrogens with zero attached hydrogens (tertiary/aromatic N) is 1. The van der Waals surface area contributed by atoms with Crippen molar-refractivity contribution in [2.75, 3.05) is 0 Å². The van der Waals surface area contributed by atoms with Crippen molar-refractivity contribution in [3.63, 3.8) is 0 Å². The molecule has 8 rings (SSSR count). The SMILES string of the molecule is CC1(C)c2ccccc2-c2ccc(-c3ccc(-c4c5ccccc5c(-c5ccccc5)c5ccncc45)cc3)cc21. The van der Waals surface area contributed by atoms with Crippen molar-refractivity contribution in [1.82, 2.24) is 4.98 Å². The van der Waals surface area contributed by atoms with Crippen LogP contribution < -0.4 is 0 Å². The van der Waals surface area contributed by atoms with Gasteiger partial charge in [0.25, 0.3) is 0 Å². The molecule has 1 heterocycles. The summed E-state index contributed by atoms with van der Waals surface area (Å²) in [6, 6.07) is 46.5. The molecular weight excluding hydrogens is 494 g/mol. The van der Waals surface area contributed by atoms with E-state index in [1.54, 1.807) is 0 Å². The van der Waals surface area contributed by atoms with Gasteiger partial charge in [-0.3, -0.25) is 4.98 Å². The van der Waals surface area contributed by atoms with Gasteiger partial charge in [0.2, 0.25) is 0 Å². The van der Waals surface area contributed by atoms with E-state index in [-0.39, 0.29) is 5.41 Å². The number of rotatable bonds is 3. The Bertz CT molecular complexity index is 2040. The number of aromatic nitrogens is 1. The molecule has 1 nitrogen and oxygen atoms in total. The van der Waals surface area contributed by atoms with E-state index < -0.39 is 0 Å². The Morgan fingerprint density at radius 2 is 1.00 bits per heavy atom. The summed E-state index contributed by atoms with van der Waals surface area (Å²) in [5.41, 5.74) is 12.9. The van der Waals surface area contributed by atoms with Crippen LogP contribution in [0, 0.1) is 0 Å². The van der Waals surface area contributed by atoms with Gasteiger partial charge in [0, 0.05) is 23.2 Å². The van der Waals surface area contributed by atoms with Crippen molar-refractivity contribution in [3.8, 4) is 44.5 Å². The van der Waals surface area contributed by atoms with Gasteiger partial charge < -0.3 is 0 Å². The zero-order valence-corrected chi connectivity index (χ0v) is 23.2. The van der Waals surface area contributed by atoms with Crippen LogP contribution in [0.5, 0.6) is 0 Å². The molecule has 0 radical (unpaired) electrons. The number of pyridine rings is 1. The summed E-state index contributed by atoms with van der Waals surface area (Å²) in [5, 5.41) is 4.91. The molecule has 0 fully saturated rings. The topological polar surface area (TPSA) is 12.9 Å². The Balaban J connectivity index is 1.28. The molecule has 1 aliphatic carbocycles. The van der Waals surface area contributed by atoms with Crippen molar-refractivity contribution in [2.45, 2.75) is 19.3 Å². The summed E-state index contributed by atoms with van der Waals surface area (Å²) in [4.78, 5) is 4.57. The van der Waals surface area contributed by atoms with Crippen molar-refractivity contribution in [2.24, 2.45) is 0 Å². The number of fused-ring (bicyclic) bond motifs is 5. The van der Waals surface area contributed by atoms with Gasteiger partial charge in [-0.2, -0.15) is 0 Å². The fourth-order valence-corrected chi connectivity index (χ4v) is 6.96. The van der Waals surface area contributed by atoms with Crippen LogP contribution in [0.2, 0.25) is 0 Å². The maximum Gasteiger partial charge on any atom is 0.0353 e. The lowest BCUT2D eigenvalue weighted by Crippen LogP contribution is -2.14. The maximum atomic E-state index is 4.57. The summed E-state index contributed by atoms with van der Waals surface area (Å²) >= 11 is 0. The van der Waals surface area contributed by atoms with Gasteiger partial charge in [-0.15, -0.1) is 0 Å². The van der Waals surface area contributed by atoms with Crippen LogP contribution >= 0.6 is 0 Å². The summed E-state index contributed by atoms with van der Waals surface area (Å²) in [6.07, 6.45) is 3.93. The minimum absolute atomic E-state index is 0.00674. The second-order valence-corrected chi connectivity index (χ2v) is 11.6. The summed E-state index contributed by atoms with van der Waals surface area (Å²) in [6.45, 7) is 4.68. The zero-order valence-electron chi connectivity index (χ0n) is 23.2. The van der Waals surface area contributed by atoms with Crippen LogP contribution in [0.25, 0.3) is 66.1 Å². The van der Waals surface area contributed by atoms with Crippen molar-refractivity contribution >= 4 is 21.5 Å². The molecule has 0 spiro atoms. The second kappa shape index (κ2) is 9.01.